The summed E-state index contributed by atoms with van der Waals surface area (Å²) in [6.07, 6.45) is 0. The lowest BCUT2D eigenvalue weighted by molar-refractivity contribution is 0.618. The van der Waals surface area contributed by atoms with Gasteiger partial charge in [0.1, 0.15) is 5.82 Å². The quantitative estimate of drug-likeness (QED) is 0.503. The summed E-state index contributed by atoms with van der Waals surface area (Å²) in [5.41, 5.74) is 1.68. The highest BCUT2D eigenvalue weighted by Crippen LogP contribution is 2.08. The first-order valence-electron chi connectivity index (χ1n) is 3.13. The van der Waals surface area contributed by atoms with Gasteiger partial charge in [-0.1, -0.05) is 0 Å². The Hall–Kier alpha value is -0.420. The first-order valence-corrected chi connectivity index (χ1v) is 3.71. The lowest BCUT2D eigenvalue weighted by Gasteiger charge is -2.01. The Kier molecular flexibility index (Phi) is 2.05. The molecule has 2 heteroatoms. The van der Waals surface area contributed by atoms with Gasteiger partial charge in [0.2, 0.25) is 0 Å². The minimum absolute atomic E-state index is 0.122. The van der Waals surface area contributed by atoms with Gasteiger partial charge in [-0.15, -0.1) is 9.24 Å². The molecule has 0 bridgehead atoms. The summed E-state index contributed by atoms with van der Waals surface area (Å²) in [5.74, 6) is -0.122. The van der Waals surface area contributed by atoms with Gasteiger partial charge in [-0.25, -0.2) is 4.39 Å². The lowest BCUT2D eigenvalue weighted by Crippen LogP contribution is -1.99. The van der Waals surface area contributed by atoms with Crippen molar-refractivity contribution in [3.8, 4) is 0 Å². The van der Waals surface area contributed by atoms with Crippen molar-refractivity contribution in [3.63, 3.8) is 0 Å². The van der Waals surface area contributed by atoms with Crippen molar-refractivity contribution in [2.75, 3.05) is 0 Å². The molecule has 0 fully saturated rings. The molecule has 0 aliphatic rings. The molecule has 1 unspecified atom stereocenters. The molecule has 0 heterocycles. The fourth-order valence-electron chi connectivity index (χ4n) is 0.803. The SMILES string of the molecule is Cc1cc(P)c(C)cc1F. The maximum atomic E-state index is 12.8. The molecule has 1 aromatic rings. The van der Waals surface area contributed by atoms with Crippen LogP contribution in [0.4, 0.5) is 4.39 Å². The van der Waals surface area contributed by atoms with Crippen molar-refractivity contribution in [2.45, 2.75) is 13.8 Å². The monoisotopic (exact) mass is 156 g/mol. The Morgan fingerprint density at radius 3 is 2.30 bits per heavy atom. The van der Waals surface area contributed by atoms with E-state index < -0.39 is 0 Å². The average Bonchev–Trinajstić information content (AvgIpc) is 1.84. The molecule has 0 saturated carbocycles. The van der Waals surface area contributed by atoms with Crippen LogP contribution in [0.15, 0.2) is 12.1 Å². The van der Waals surface area contributed by atoms with Crippen molar-refractivity contribution < 1.29 is 4.39 Å². The highest BCUT2D eigenvalue weighted by molar-refractivity contribution is 7.27. The second-order valence-electron chi connectivity index (χ2n) is 2.46. The first-order chi connectivity index (χ1) is 4.61. The molecule has 0 aliphatic heterocycles. The molecule has 0 aromatic heterocycles. The minimum Gasteiger partial charge on any atom is -0.207 e. The Balaban J connectivity index is 3.28. The van der Waals surface area contributed by atoms with E-state index in [4.69, 9.17) is 0 Å². The third kappa shape index (κ3) is 1.35. The molecule has 0 saturated heterocycles. The predicted octanol–water partition coefficient (Wildman–Crippen LogP) is 1.94. The number of benzene rings is 1. The highest BCUT2D eigenvalue weighted by Gasteiger charge is 1.98. The van der Waals surface area contributed by atoms with Gasteiger partial charge in [-0.2, -0.15) is 0 Å². The number of rotatable bonds is 0. The summed E-state index contributed by atoms with van der Waals surface area (Å²) >= 11 is 0. The van der Waals surface area contributed by atoms with Crippen LogP contribution in [0.3, 0.4) is 0 Å². The number of halogens is 1. The van der Waals surface area contributed by atoms with E-state index >= 15 is 0 Å². The molecule has 0 radical (unpaired) electrons. The van der Waals surface area contributed by atoms with Crippen LogP contribution in [0.2, 0.25) is 0 Å². The van der Waals surface area contributed by atoms with Crippen LogP contribution in [-0.2, 0) is 0 Å². The molecule has 0 amide bonds. The molecule has 1 aromatic carbocycles. The van der Waals surface area contributed by atoms with E-state index in [1.54, 1.807) is 13.0 Å². The summed E-state index contributed by atoms with van der Waals surface area (Å²) in [6, 6.07) is 3.38. The number of hydrogen-bond donors (Lipinski definition) is 0. The summed E-state index contributed by atoms with van der Waals surface area (Å²) in [7, 11) is 2.58. The Morgan fingerprint density at radius 1 is 1.20 bits per heavy atom. The largest absolute Gasteiger partial charge is 0.207 e. The molecular weight excluding hydrogens is 146 g/mol. The van der Waals surface area contributed by atoms with Crippen LogP contribution in [0.1, 0.15) is 11.1 Å². The van der Waals surface area contributed by atoms with Crippen LogP contribution >= 0.6 is 9.24 Å². The van der Waals surface area contributed by atoms with Gasteiger partial charge >= 0.3 is 0 Å². The van der Waals surface area contributed by atoms with Crippen LogP contribution < -0.4 is 5.30 Å². The minimum atomic E-state index is -0.122. The highest BCUT2D eigenvalue weighted by atomic mass is 31.0. The molecule has 1 rings (SSSR count). The van der Waals surface area contributed by atoms with E-state index in [9.17, 15) is 4.39 Å². The standard InChI is InChI=1S/C8H10FP/c1-5-4-8(10)6(2)3-7(5)9/h3-4H,10H2,1-2H3. The summed E-state index contributed by atoms with van der Waals surface area (Å²) < 4.78 is 12.8. The van der Waals surface area contributed by atoms with Gasteiger partial charge in [0.15, 0.2) is 0 Å². The predicted molar refractivity (Wildman–Crippen MR) is 45.2 cm³/mol. The topological polar surface area (TPSA) is 0 Å². The maximum Gasteiger partial charge on any atom is 0.126 e. The molecule has 1 atom stereocenters. The molecule has 0 N–H and O–H groups in total. The van der Waals surface area contributed by atoms with Crippen LogP contribution in [0, 0.1) is 19.7 Å². The van der Waals surface area contributed by atoms with Gasteiger partial charge in [0.25, 0.3) is 0 Å². The Labute approximate surface area is 62.7 Å². The van der Waals surface area contributed by atoms with Gasteiger partial charge in [-0.05, 0) is 42.4 Å². The zero-order chi connectivity index (χ0) is 7.72. The van der Waals surface area contributed by atoms with E-state index in [0.717, 1.165) is 10.9 Å². The molecule has 0 aliphatic carbocycles. The molecule has 0 nitrogen and oxygen atoms in total. The average molecular weight is 156 g/mol. The molecular formula is C8H10FP. The summed E-state index contributed by atoms with van der Waals surface area (Å²) in [6.45, 7) is 3.66. The van der Waals surface area contributed by atoms with Crippen LogP contribution in [0.5, 0.6) is 0 Å². The van der Waals surface area contributed by atoms with Gasteiger partial charge in [0, 0.05) is 0 Å². The second kappa shape index (κ2) is 2.67. The van der Waals surface area contributed by atoms with E-state index in [1.165, 1.54) is 0 Å². The van der Waals surface area contributed by atoms with E-state index in [0.29, 0.717) is 5.56 Å². The van der Waals surface area contributed by atoms with Gasteiger partial charge in [-0.3, -0.25) is 0 Å². The number of hydrogen-bond acceptors (Lipinski definition) is 0. The zero-order valence-corrected chi connectivity index (χ0v) is 7.26. The first kappa shape index (κ1) is 7.68. The molecule has 10 heavy (non-hydrogen) atoms. The van der Waals surface area contributed by atoms with Crippen LogP contribution in [-0.4, -0.2) is 0 Å². The van der Waals surface area contributed by atoms with Crippen molar-refractivity contribution in [3.05, 3.63) is 29.1 Å². The van der Waals surface area contributed by atoms with Gasteiger partial charge in [0.05, 0.1) is 0 Å². The second-order valence-corrected chi connectivity index (χ2v) is 3.08. The zero-order valence-electron chi connectivity index (χ0n) is 6.11. The fourth-order valence-corrected chi connectivity index (χ4v) is 1.14. The normalized spacial score (nSPS) is 10.0. The van der Waals surface area contributed by atoms with E-state index in [1.807, 2.05) is 13.0 Å². The smallest absolute Gasteiger partial charge is 0.126 e. The maximum absolute atomic E-state index is 12.8. The van der Waals surface area contributed by atoms with Crippen molar-refractivity contribution in [1.29, 1.82) is 0 Å². The van der Waals surface area contributed by atoms with E-state index in [-0.39, 0.29) is 5.82 Å². The third-order valence-electron chi connectivity index (χ3n) is 1.55. The van der Waals surface area contributed by atoms with Crippen molar-refractivity contribution >= 4 is 14.5 Å². The Morgan fingerprint density at radius 2 is 1.80 bits per heavy atom. The van der Waals surface area contributed by atoms with Crippen molar-refractivity contribution in [1.82, 2.24) is 0 Å². The summed E-state index contributed by atoms with van der Waals surface area (Å²) in [5, 5.41) is 1.07. The van der Waals surface area contributed by atoms with E-state index in [2.05, 4.69) is 9.24 Å². The molecule has 54 valence electrons. The van der Waals surface area contributed by atoms with Crippen molar-refractivity contribution in [2.24, 2.45) is 0 Å². The lowest BCUT2D eigenvalue weighted by atomic mass is 10.1. The number of aryl methyl sites for hydroxylation is 2. The summed E-state index contributed by atoms with van der Waals surface area (Å²) in [4.78, 5) is 0. The van der Waals surface area contributed by atoms with Crippen LogP contribution in [0.25, 0.3) is 0 Å². The fraction of sp³-hybridized carbons (Fsp3) is 0.250. The van der Waals surface area contributed by atoms with Gasteiger partial charge < -0.3 is 0 Å². The Bertz CT molecular complexity index is 205. The molecule has 0 spiro atoms. The third-order valence-corrected chi connectivity index (χ3v) is 2.17.